The summed E-state index contributed by atoms with van der Waals surface area (Å²) in [7, 11) is 0. The quantitative estimate of drug-likeness (QED) is 0.646. The lowest BCUT2D eigenvalue weighted by atomic mass is 9.79. The second kappa shape index (κ2) is 9.78. The molecule has 0 radical (unpaired) electrons. The average molecular weight is 382 g/mol. The van der Waals surface area contributed by atoms with E-state index in [2.05, 4.69) is 12.2 Å². The Morgan fingerprint density at radius 2 is 1.81 bits per heavy atom. The van der Waals surface area contributed by atoms with Crippen molar-refractivity contribution < 1.29 is 27.4 Å². The fourth-order valence-corrected chi connectivity index (χ4v) is 2.87. The fraction of sp³-hybridized carbons (Fsp3) is 0.944. The van der Waals surface area contributed by atoms with Gasteiger partial charge >= 0.3 is 12.3 Å². The van der Waals surface area contributed by atoms with E-state index in [1.807, 2.05) is 20.8 Å². The van der Waals surface area contributed by atoms with Gasteiger partial charge in [-0.1, -0.05) is 13.3 Å². The Bertz CT molecular complexity index is 428. The second-order valence-electron chi connectivity index (χ2n) is 8.09. The van der Waals surface area contributed by atoms with Gasteiger partial charge < -0.3 is 19.7 Å². The molecule has 0 aromatic heterocycles. The molecule has 1 amide bonds. The molecular weight excluding hydrogens is 349 g/mol. The van der Waals surface area contributed by atoms with Crippen molar-refractivity contribution >= 4 is 6.09 Å². The highest BCUT2D eigenvalue weighted by molar-refractivity contribution is 5.68. The van der Waals surface area contributed by atoms with Crippen molar-refractivity contribution in [3.8, 4) is 0 Å². The SMILES string of the molecule is CCCCOCC1(CNCC(F)(F)F)CCN(C(=O)OC(C)(C)C)CC1. The van der Waals surface area contributed by atoms with Gasteiger partial charge in [-0.3, -0.25) is 0 Å². The molecule has 0 atom stereocenters. The molecule has 1 aliphatic heterocycles. The summed E-state index contributed by atoms with van der Waals surface area (Å²) >= 11 is 0. The van der Waals surface area contributed by atoms with Gasteiger partial charge in [0.15, 0.2) is 0 Å². The Hall–Kier alpha value is -1.02. The number of hydrogen-bond donors (Lipinski definition) is 1. The molecule has 0 saturated carbocycles. The van der Waals surface area contributed by atoms with E-state index < -0.39 is 23.7 Å². The third kappa shape index (κ3) is 9.07. The molecule has 1 rings (SSSR count). The minimum absolute atomic E-state index is 0.223. The van der Waals surface area contributed by atoms with Crippen LogP contribution in [-0.2, 0) is 9.47 Å². The summed E-state index contributed by atoms with van der Waals surface area (Å²) in [5.74, 6) is 0. The zero-order chi connectivity index (χ0) is 19.8. The smallest absolute Gasteiger partial charge is 0.410 e. The first-order valence-electron chi connectivity index (χ1n) is 9.29. The predicted molar refractivity (Wildman–Crippen MR) is 94.1 cm³/mol. The van der Waals surface area contributed by atoms with Crippen molar-refractivity contribution in [3.63, 3.8) is 0 Å². The van der Waals surface area contributed by atoms with Crippen molar-refractivity contribution in [3.05, 3.63) is 0 Å². The maximum atomic E-state index is 12.4. The molecule has 26 heavy (non-hydrogen) atoms. The maximum absolute atomic E-state index is 12.4. The zero-order valence-electron chi connectivity index (χ0n) is 16.4. The van der Waals surface area contributed by atoms with Gasteiger partial charge in [0.05, 0.1) is 13.2 Å². The molecule has 1 aliphatic rings. The fourth-order valence-electron chi connectivity index (χ4n) is 2.87. The van der Waals surface area contributed by atoms with Crippen LogP contribution in [-0.4, -0.2) is 62.2 Å². The van der Waals surface area contributed by atoms with Crippen LogP contribution in [0.4, 0.5) is 18.0 Å². The topological polar surface area (TPSA) is 50.8 Å². The van der Waals surface area contributed by atoms with Crippen LogP contribution >= 0.6 is 0 Å². The zero-order valence-corrected chi connectivity index (χ0v) is 16.4. The molecule has 1 fully saturated rings. The van der Waals surface area contributed by atoms with Crippen LogP contribution in [0.3, 0.4) is 0 Å². The van der Waals surface area contributed by atoms with Crippen molar-refractivity contribution in [1.29, 1.82) is 0 Å². The largest absolute Gasteiger partial charge is 0.444 e. The number of nitrogens with one attached hydrogen (secondary N) is 1. The number of alkyl halides is 3. The second-order valence-corrected chi connectivity index (χ2v) is 8.09. The number of amides is 1. The van der Waals surface area contributed by atoms with E-state index in [-0.39, 0.29) is 12.6 Å². The molecule has 0 aromatic carbocycles. The third-order valence-electron chi connectivity index (χ3n) is 4.35. The van der Waals surface area contributed by atoms with Crippen LogP contribution in [0.2, 0.25) is 0 Å². The van der Waals surface area contributed by atoms with Crippen molar-refractivity contribution in [2.45, 2.75) is 65.2 Å². The maximum Gasteiger partial charge on any atom is 0.410 e. The number of likely N-dealkylation sites (tertiary alicyclic amines) is 1. The van der Waals surface area contributed by atoms with Crippen molar-refractivity contribution in [1.82, 2.24) is 10.2 Å². The van der Waals surface area contributed by atoms with E-state index >= 15 is 0 Å². The van der Waals surface area contributed by atoms with Crippen LogP contribution < -0.4 is 5.32 Å². The summed E-state index contributed by atoms with van der Waals surface area (Å²) in [6.45, 7) is 8.61. The minimum atomic E-state index is -4.23. The summed E-state index contributed by atoms with van der Waals surface area (Å²) < 4.78 is 48.4. The summed E-state index contributed by atoms with van der Waals surface area (Å²) in [5, 5.41) is 2.52. The highest BCUT2D eigenvalue weighted by Crippen LogP contribution is 2.32. The number of halogens is 3. The average Bonchev–Trinajstić information content (AvgIpc) is 2.49. The van der Waals surface area contributed by atoms with Gasteiger partial charge in [0.25, 0.3) is 0 Å². The van der Waals surface area contributed by atoms with Crippen LogP contribution in [0.5, 0.6) is 0 Å². The van der Waals surface area contributed by atoms with E-state index in [9.17, 15) is 18.0 Å². The first-order chi connectivity index (χ1) is 12.0. The van der Waals surface area contributed by atoms with Gasteiger partial charge in [-0.15, -0.1) is 0 Å². The number of nitrogens with zero attached hydrogens (tertiary/aromatic N) is 1. The van der Waals surface area contributed by atoms with Gasteiger partial charge in [0.2, 0.25) is 0 Å². The molecule has 154 valence electrons. The number of rotatable bonds is 8. The monoisotopic (exact) mass is 382 g/mol. The number of carbonyl (C=O) groups is 1. The Morgan fingerprint density at radius 3 is 2.31 bits per heavy atom. The van der Waals surface area contributed by atoms with E-state index in [0.717, 1.165) is 12.8 Å². The lowest BCUT2D eigenvalue weighted by Gasteiger charge is -2.42. The molecule has 1 saturated heterocycles. The lowest BCUT2D eigenvalue weighted by molar-refractivity contribution is -0.126. The summed E-state index contributed by atoms with van der Waals surface area (Å²) in [4.78, 5) is 13.8. The van der Waals surface area contributed by atoms with Crippen molar-refractivity contribution in [2.24, 2.45) is 5.41 Å². The molecule has 0 aromatic rings. The van der Waals surface area contributed by atoms with Gasteiger partial charge in [-0.25, -0.2) is 4.79 Å². The highest BCUT2D eigenvalue weighted by atomic mass is 19.4. The first-order valence-corrected chi connectivity index (χ1v) is 9.29. The molecule has 1 heterocycles. The van der Waals surface area contributed by atoms with Crippen LogP contribution in [0.1, 0.15) is 53.4 Å². The number of ether oxygens (including phenoxy) is 2. The van der Waals surface area contributed by atoms with Gasteiger partial charge in [-0.2, -0.15) is 13.2 Å². The van der Waals surface area contributed by atoms with E-state index in [1.54, 1.807) is 4.90 Å². The van der Waals surface area contributed by atoms with Crippen LogP contribution in [0.15, 0.2) is 0 Å². The van der Waals surface area contributed by atoms with Gasteiger partial charge in [-0.05, 0) is 40.0 Å². The molecule has 0 spiro atoms. The van der Waals surface area contributed by atoms with E-state index in [4.69, 9.17) is 9.47 Å². The minimum Gasteiger partial charge on any atom is -0.444 e. The first kappa shape index (κ1) is 23.0. The molecular formula is C18H33F3N2O3. The number of hydrogen-bond acceptors (Lipinski definition) is 4. The molecule has 8 heteroatoms. The summed E-state index contributed by atoms with van der Waals surface area (Å²) in [5.41, 5.74) is -0.958. The Balaban J connectivity index is 2.59. The normalized spacial score (nSPS) is 18.0. The molecule has 0 aliphatic carbocycles. The summed E-state index contributed by atoms with van der Waals surface area (Å²) in [6.07, 6.45) is -1.50. The molecule has 0 bridgehead atoms. The predicted octanol–water partition coefficient (Wildman–Crippen LogP) is 3.97. The van der Waals surface area contributed by atoms with E-state index in [0.29, 0.717) is 39.1 Å². The third-order valence-corrected chi connectivity index (χ3v) is 4.35. The van der Waals surface area contributed by atoms with Gasteiger partial charge in [0.1, 0.15) is 5.60 Å². The van der Waals surface area contributed by atoms with Gasteiger partial charge in [0, 0.05) is 31.7 Å². The Labute approximate surface area is 154 Å². The van der Waals surface area contributed by atoms with Crippen LogP contribution in [0, 0.1) is 5.41 Å². The number of carbonyl (C=O) groups excluding carboxylic acids is 1. The molecule has 5 nitrogen and oxygen atoms in total. The highest BCUT2D eigenvalue weighted by Gasteiger charge is 2.38. The van der Waals surface area contributed by atoms with Crippen LogP contribution in [0.25, 0.3) is 0 Å². The standard InChI is InChI=1S/C18H33F3N2O3/c1-5-6-11-25-14-17(12-22-13-18(19,20)21)7-9-23(10-8-17)15(24)26-16(2,3)4/h22H,5-14H2,1-4H3. The Kier molecular flexibility index (Phi) is 8.66. The number of unbranched alkanes of at least 4 members (excludes halogenated alkanes) is 1. The van der Waals surface area contributed by atoms with E-state index in [1.165, 1.54) is 0 Å². The lowest BCUT2D eigenvalue weighted by Crippen LogP contribution is -2.51. The van der Waals surface area contributed by atoms with Crippen molar-refractivity contribution in [2.75, 3.05) is 39.4 Å². The Morgan fingerprint density at radius 1 is 1.19 bits per heavy atom. The molecule has 1 N–H and O–H groups in total. The summed E-state index contributed by atoms with van der Waals surface area (Å²) in [6, 6.07) is 0. The number of piperidine rings is 1. The molecule has 0 unspecified atom stereocenters.